The average molecular weight is 624 g/mol. The summed E-state index contributed by atoms with van der Waals surface area (Å²) in [6.07, 6.45) is 7.09. The summed E-state index contributed by atoms with van der Waals surface area (Å²) in [7, 11) is 0. The Kier molecular flexibility index (Phi) is 14.4. The summed E-state index contributed by atoms with van der Waals surface area (Å²) in [6, 6.07) is 15.8. The second-order valence-corrected chi connectivity index (χ2v) is 14.8. The molecule has 242 valence electrons. The maximum atomic E-state index is 13.5. The normalized spacial score (nSPS) is 18.1. The number of carbonyl (C=O) groups is 2. The van der Waals surface area contributed by atoms with Crippen molar-refractivity contribution >= 4 is 29.7 Å². The molecule has 2 aromatic carbocycles. The zero-order chi connectivity index (χ0) is 32.1. The first-order valence-corrected chi connectivity index (χ1v) is 17.0. The van der Waals surface area contributed by atoms with E-state index >= 15 is 0 Å². The van der Waals surface area contributed by atoms with Crippen LogP contribution in [0.25, 0.3) is 6.08 Å². The number of likely N-dealkylation sites (tertiary alicyclic amines) is 1. The topological polar surface area (TPSA) is 102 Å². The van der Waals surface area contributed by atoms with Crippen LogP contribution in [0, 0.1) is 12.8 Å². The quantitative estimate of drug-likeness (QED) is 0.220. The van der Waals surface area contributed by atoms with Gasteiger partial charge in [0.25, 0.3) is 0 Å². The van der Waals surface area contributed by atoms with Crippen LogP contribution in [0.5, 0.6) is 0 Å². The molecule has 2 aromatic rings. The number of allylic oxidation sites excluding steroid dienone is 1. The van der Waals surface area contributed by atoms with Gasteiger partial charge in [-0.05, 0) is 74.6 Å². The number of nitrogens with one attached hydrogen (secondary N) is 2. The van der Waals surface area contributed by atoms with Crippen LogP contribution in [0.3, 0.4) is 0 Å². The fraction of sp³-hybridized carbons (Fsp3) is 0.556. The van der Waals surface area contributed by atoms with Crippen molar-refractivity contribution in [1.29, 1.82) is 0 Å². The van der Waals surface area contributed by atoms with Crippen LogP contribution < -0.4 is 10.6 Å². The number of carbonyl (C=O) groups excluding carboxylic acids is 2. The van der Waals surface area contributed by atoms with Crippen molar-refractivity contribution in [2.24, 2.45) is 5.92 Å². The Morgan fingerprint density at radius 2 is 1.84 bits per heavy atom. The molecule has 1 aliphatic rings. The summed E-state index contributed by atoms with van der Waals surface area (Å²) in [5.74, 6) is -0.0518. The number of piperidine rings is 1. The Hall–Kier alpha value is -2.65. The molecule has 0 saturated carbocycles. The lowest BCUT2D eigenvalue weighted by atomic mass is 9.93. The Balaban J connectivity index is 1.64. The monoisotopic (exact) mass is 623 g/mol. The van der Waals surface area contributed by atoms with Crippen molar-refractivity contribution in [3.05, 3.63) is 76.9 Å². The van der Waals surface area contributed by atoms with Crippen LogP contribution >= 0.6 is 11.8 Å². The van der Waals surface area contributed by atoms with Gasteiger partial charge in [0.1, 0.15) is 6.23 Å². The highest BCUT2D eigenvalue weighted by Gasteiger charge is 2.26. The number of hydrogen-bond acceptors (Lipinski definition) is 6. The summed E-state index contributed by atoms with van der Waals surface area (Å²) in [6.45, 7) is 11.5. The third-order valence-corrected chi connectivity index (χ3v) is 9.52. The second-order valence-electron chi connectivity index (χ2n) is 13.0. The number of hydrogen-bond donors (Lipinski definition) is 4. The van der Waals surface area contributed by atoms with Gasteiger partial charge in [0.15, 0.2) is 0 Å². The Bertz CT molecular complexity index is 1210. The summed E-state index contributed by atoms with van der Waals surface area (Å²) in [5.41, 5.74) is 4.51. The average Bonchev–Trinajstić information content (AvgIpc) is 2.97. The molecule has 4 N–H and O–H groups in total. The van der Waals surface area contributed by atoms with E-state index in [9.17, 15) is 19.8 Å². The fourth-order valence-electron chi connectivity index (χ4n) is 5.67. The summed E-state index contributed by atoms with van der Waals surface area (Å²) >= 11 is 1.75. The second kappa shape index (κ2) is 17.7. The molecule has 0 aliphatic carbocycles. The number of aliphatic hydroxyl groups excluding tert-OH is 2. The zero-order valence-corrected chi connectivity index (χ0v) is 28.0. The molecule has 1 aliphatic heterocycles. The number of amides is 2. The van der Waals surface area contributed by atoms with E-state index in [1.54, 1.807) is 11.8 Å². The molecule has 2 amide bonds. The van der Waals surface area contributed by atoms with E-state index < -0.39 is 12.3 Å². The van der Waals surface area contributed by atoms with Gasteiger partial charge in [0, 0.05) is 29.6 Å². The number of rotatable bonds is 15. The van der Waals surface area contributed by atoms with E-state index in [0.717, 1.165) is 36.1 Å². The molecule has 2 unspecified atom stereocenters. The third kappa shape index (κ3) is 12.4. The largest absolute Gasteiger partial charge is 0.392 e. The summed E-state index contributed by atoms with van der Waals surface area (Å²) < 4.78 is 0.00742. The molecule has 8 heteroatoms. The number of β-amino-alcohol motifs (C(OH)–C–C–N with tert-alkyl or cyclic N) is 1. The van der Waals surface area contributed by atoms with Crippen molar-refractivity contribution in [3.8, 4) is 0 Å². The third-order valence-electron chi connectivity index (χ3n) is 8.08. The van der Waals surface area contributed by atoms with Crippen molar-refractivity contribution in [3.63, 3.8) is 0 Å². The molecule has 7 nitrogen and oxygen atoms in total. The molecule has 0 bridgehead atoms. The lowest BCUT2D eigenvalue weighted by Gasteiger charge is -2.34. The molecule has 3 rings (SSSR count). The van der Waals surface area contributed by atoms with Crippen LogP contribution in [-0.4, -0.2) is 75.4 Å². The van der Waals surface area contributed by atoms with E-state index in [1.165, 1.54) is 5.56 Å². The number of thioether (sulfide) groups is 1. The minimum Gasteiger partial charge on any atom is -0.392 e. The van der Waals surface area contributed by atoms with Crippen LogP contribution in [0.1, 0.15) is 75.6 Å². The first-order valence-electron chi connectivity index (χ1n) is 16.0. The number of nitrogens with zero attached hydrogens (tertiary/aromatic N) is 1. The molecule has 1 fully saturated rings. The highest BCUT2D eigenvalue weighted by molar-refractivity contribution is 8.00. The van der Waals surface area contributed by atoms with Crippen molar-refractivity contribution < 1.29 is 19.8 Å². The zero-order valence-electron chi connectivity index (χ0n) is 27.2. The molecular formula is C36H53N3O4S. The maximum Gasteiger partial charge on any atom is 0.239 e. The predicted octanol–water partition coefficient (Wildman–Crippen LogP) is 5.12. The minimum atomic E-state index is -0.702. The Morgan fingerprint density at radius 1 is 1.09 bits per heavy atom. The van der Waals surface area contributed by atoms with Crippen LogP contribution in [-0.2, 0) is 22.4 Å². The molecule has 4 atom stereocenters. The molecular weight excluding hydrogens is 570 g/mol. The molecule has 0 radical (unpaired) electrons. The standard InChI is InChI=1S/C36H53N3O4S/c1-6-13-28-16-12-17-29(26(28)2)21-30(25-44-36(3,4)5)35(43)37-23-33(41)38-31(20-27-14-8-7-9-15-27)22-32(40)24-39-19-11-10-18-34(39)42/h6-9,12-17,30-32,34,40,42H,10-11,18-25H2,1-5H3,(H,37,43)(H,38,41)/b13-6-/t30-,31?,32?,34-/m1/s1. The molecule has 0 aromatic heterocycles. The van der Waals surface area contributed by atoms with Gasteiger partial charge < -0.3 is 20.8 Å². The summed E-state index contributed by atoms with van der Waals surface area (Å²) in [4.78, 5) is 28.6. The first kappa shape index (κ1) is 35.8. The van der Waals surface area contributed by atoms with Crippen molar-refractivity contribution in [2.75, 3.05) is 25.4 Å². The molecule has 1 heterocycles. The Labute approximate surface area is 268 Å². The molecule has 0 spiro atoms. The van der Waals surface area contributed by atoms with Gasteiger partial charge in [0.2, 0.25) is 11.8 Å². The maximum absolute atomic E-state index is 13.5. The van der Waals surface area contributed by atoms with E-state index in [0.29, 0.717) is 38.0 Å². The van der Waals surface area contributed by atoms with Gasteiger partial charge in [0.05, 0.1) is 18.6 Å². The van der Waals surface area contributed by atoms with Crippen molar-refractivity contribution in [1.82, 2.24) is 15.5 Å². The number of benzene rings is 2. The van der Waals surface area contributed by atoms with Gasteiger partial charge in [-0.2, -0.15) is 11.8 Å². The predicted molar refractivity (Wildman–Crippen MR) is 182 cm³/mol. The minimum absolute atomic E-state index is 0.00742. The lowest BCUT2D eigenvalue weighted by Crippen LogP contribution is -2.48. The lowest BCUT2D eigenvalue weighted by molar-refractivity contribution is -0.128. The first-order chi connectivity index (χ1) is 20.9. The Morgan fingerprint density at radius 3 is 2.52 bits per heavy atom. The molecule has 44 heavy (non-hydrogen) atoms. The van der Waals surface area contributed by atoms with Crippen LogP contribution in [0.2, 0.25) is 0 Å². The smallest absolute Gasteiger partial charge is 0.239 e. The van der Waals surface area contributed by atoms with E-state index in [2.05, 4.69) is 56.5 Å². The SMILES string of the molecule is C/C=C\c1cccc(C[C@H](CSC(C)(C)C)C(=O)NCC(=O)NC(Cc2ccccc2)CC(O)CN2CCCC[C@H]2O)c1C. The van der Waals surface area contributed by atoms with Gasteiger partial charge in [-0.1, -0.05) is 81.5 Å². The van der Waals surface area contributed by atoms with Gasteiger partial charge >= 0.3 is 0 Å². The number of aliphatic hydroxyl groups is 2. The van der Waals surface area contributed by atoms with E-state index in [4.69, 9.17) is 0 Å². The summed E-state index contributed by atoms with van der Waals surface area (Å²) in [5, 5.41) is 27.2. The van der Waals surface area contributed by atoms with E-state index in [-0.39, 0.29) is 35.1 Å². The van der Waals surface area contributed by atoms with Crippen molar-refractivity contribution in [2.45, 2.75) is 96.3 Å². The van der Waals surface area contributed by atoms with Gasteiger partial charge in [-0.15, -0.1) is 0 Å². The molecule has 1 saturated heterocycles. The highest BCUT2D eigenvalue weighted by Crippen LogP contribution is 2.28. The fourth-order valence-corrected chi connectivity index (χ4v) is 6.64. The highest BCUT2D eigenvalue weighted by atomic mass is 32.2. The van der Waals surface area contributed by atoms with Gasteiger partial charge in [-0.3, -0.25) is 14.5 Å². The van der Waals surface area contributed by atoms with Gasteiger partial charge in [-0.25, -0.2) is 0 Å². The van der Waals surface area contributed by atoms with Crippen LogP contribution in [0.4, 0.5) is 0 Å². The van der Waals surface area contributed by atoms with E-state index in [1.807, 2.05) is 54.3 Å². The van der Waals surface area contributed by atoms with Crippen LogP contribution in [0.15, 0.2) is 54.6 Å².